The van der Waals surface area contributed by atoms with Crippen molar-refractivity contribution in [1.29, 1.82) is 0 Å². The Morgan fingerprint density at radius 1 is 1.57 bits per heavy atom. The van der Waals surface area contributed by atoms with E-state index in [1.165, 1.54) is 7.11 Å². The molecule has 0 spiro atoms. The number of amides is 1. The quantitative estimate of drug-likeness (QED) is 0.470. The lowest BCUT2D eigenvalue weighted by Gasteiger charge is -2.42. The van der Waals surface area contributed by atoms with Gasteiger partial charge in [0.25, 0.3) is 0 Å². The van der Waals surface area contributed by atoms with Crippen LogP contribution >= 0.6 is 0 Å². The van der Waals surface area contributed by atoms with Gasteiger partial charge in [0.15, 0.2) is 0 Å². The average Bonchev–Trinajstić information content (AvgIpc) is 2.08. The number of ether oxygens (including phenoxy) is 1. The van der Waals surface area contributed by atoms with Crippen LogP contribution < -0.4 is 5.73 Å². The fourth-order valence-corrected chi connectivity index (χ4v) is 1.98. The van der Waals surface area contributed by atoms with E-state index in [4.69, 9.17) is 10.8 Å². The van der Waals surface area contributed by atoms with E-state index in [9.17, 15) is 9.59 Å². The Morgan fingerprint density at radius 2 is 2.14 bits per heavy atom. The van der Waals surface area contributed by atoms with Gasteiger partial charge in [-0.2, -0.15) is 0 Å². The monoisotopic (exact) mass is 201 g/mol. The van der Waals surface area contributed by atoms with Crippen LogP contribution in [0.1, 0.15) is 19.3 Å². The molecule has 1 amide bonds. The molecule has 0 atom stereocenters. The first-order valence-electron chi connectivity index (χ1n) is 4.56. The zero-order valence-corrected chi connectivity index (χ0v) is 8.16. The van der Waals surface area contributed by atoms with Crippen LogP contribution in [0.2, 0.25) is 0 Å². The standard InChI is InChI=1S/C9H15NO4/c1-14-8(13)9(7(10)12)4-6(5-9)2-3-11/h6,11H,2-5H2,1H3,(H2,10,12). The van der Waals surface area contributed by atoms with Gasteiger partial charge in [-0.25, -0.2) is 0 Å². The first-order chi connectivity index (χ1) is 6.56. The van der Waals surface area contributed by atoms with Crippen molar-refractivity contribution in [3.05, 3.63) is 0 Å². The van der Waals surface area contributed by atoms with Crippen LogP contribution in [0, 0.1) is 11.3 Å². The molecule has 14 heavy (non-hydrogen) atoms. The van der Waals surface area contributed by atoms with E-state index in [1.54, 1.807) is 0 Å². The molecule has 1 fully saturated rings. The number of hydrogen-bond acceptors (Lipinski definition) is 4. The zero-order chi connectivity index (χ0) is 10.8. The summed E-state index contributed by atoms with van der Waals surface area (Å²) in [7, 11) is 1.24. The SMILES string of the molecule is COC(=O)C1(C(N)=O)CC(CCO)C1. The highest BCUT2D eigenvalue weighted by molar-refractivity contribution is 6.02. The Balaban J connectivity index is 2.62. The number of rotatable bonds is 4. The second-order valence-electron chi connectivity index (χ2n) is 3.72. The van der Waals surface area contributed by atoms with Gasteiger partial charge in [-0.15, -0.1) is 0 Å². The van der Waals surface area contributed by atoms with E-state index in [0.29, 0.717) is 19.3 Å². The number of aliphatic hydroxyl groups is 1. The molecule has 0 bridgehead atoms. The van der Waals surface area contributed by atoms with Crippen LogP contribution in [0.3, 0.4) is 0 Å². The topological polar surface area (TPSA) is 89.6 Å². The van der Waals surface area contributed by atoms with Gasteiger partial charge in [-0.1, -0.05) is 0 Å². The van der Waals surface area contributed by atoms with Crippen molar-refractivity contribution in [3.8, 4) is 0 Å². The zero-order valence-electron chi connectivity index (χ0n) is 8.16. The van der Waals surface area contributed by atoms with Crippen molar-refractivity contribution >= 4 is 11.9 Å². The lowest BCUT2D eigenvalue weighted by Crippen LogP contribution is -2.53. The van der Waals surface area contributed by atoms with Crippen molar-refractivity contribution in [2.75, 3.05) is 13.7 Å². The molecule has 0 heterocycles. The molecule has 3 N–H and O–H groups in total. The molecule has 0 aromatic carbocycles. The number of esters is 1. The summed E-state index contributed by atoms with van der Waals surface area (Å²) in [6.45, 7) is 0.0701. The molecular formula is C9H15NO4. The lowest BCUT2D eigenvalue weighted by atomic mass is 9.60. The smallest absolute Gasteiger partial charge is 0.321 e. The molecule has 5 heteroatoms. The molecule has 1 aliphatic carbocycles. The Bertz CT molecular complexity index is 245. The second-order valence-corrected chi connectivity index (χ2v) is 3.72. The minimum Gasteiger partial charge on any atom is -0.468 e. The van der Waals surface area contributed by atoms with Crippen LogP contribution in [0.15, 0.2) is 0 Å². The second kappa shape index (κ2) is 3.96. The van der Waals surface area contributed by atoms with Gasteiger partial charge >= 0.3 is 5.97 Å². The predicted octanol–water partition coefficient (Wildman–Crippen LogP) is -0.577. The molecule has 1 aliphatic rings. The molecule has 0 saturated heterocycles. The summed E-state index contributed by atoms with van der Waals surface area (Å²) in [6, 6.07) is 0. The highest BCUT2D eigenvalue weighted by atomic mass is 16.5. The maximum absolute atomic E-state index is 11.3. The van der Waals surface area contributed by atoms with E-state index in [2.05, 4.69) is 4.74 Å². The van der Waals surface area contributed by atoms with Crippen LogP contribution in [0.4, 0.5) is 0 Å². The predicted molar refractivity (Wildman–Crippen MR) is 48.1 cm³/mol. The van der Waals surface area contributed by atoms with Gasteiger partial charge in [0.05, 0.1) is 7.11 Å². The highest BCUT2D eigenvalue weighted by Gasteiger charge is 2.55. The number of carbonyl (C=O) groups excluding carboxylic acids is 2. The average molecular weight is 201 g/mol. The molecule has 0 aromatic heterocycles. The maximum Gasteiger partial charge on any atom is 0.321 e. The molecule has 80 valence electrons. The summed E-state index contributed by atoms with van der Waals surface area (Å²) in [6.07, 6.45) is 1.40. The van der Waals surface area contributed by atoms with Crippen LogP contribution in [0.25, 0.3) is 0 Å². The summed E-state index contributed by atoms with van der Waals surface area (Å²) in [4.78, 5) is 22.4. The molecule has 0 radical (unpaired) electrons. The number of aliphatic hydroxyl groups excluding tert-OH is 1. The molecule has 0 aliphatic heterocycles. The lowest BCUT2D eigenvalue weighted by molar-refractivity contribution is -0.168. The van der Waals surface area contributed by atoms with Crippen LogP contribution in [-0.4, -0.2) is 30.7 Å². The maximum atomic E-state index is 11.3. The van der Waals surface area contributed by atoms with E-state index < -0.39 is 17.3 Å². The van der Waals surface area contributed by atoms with Crippen molar-refractivity contribution in [1.82, 2.24) is 0 Å². The number of primary amides is 1. The number of carbonyl (C=O) groups is 2. The normalized spacial score (nSPS) is 30.6. The molecule has 0 aromatic rings. The van der Waals surface area contributed by atoms with Crippen molar-refractivity contribution in [3.63, 3.8) is 0 Å². The van der Waals surface area contributed by atoms with E-state index >= 15 is 0 Å². The van der Waals surface area contributed by atoms with Gasteiger partial charge in [-0.05, 0) is 25.2 Å². The highest BCUT2D eigenvalue weighted by Crippen LogP contribution is 2.47. The third kappa shape index (κ3) is 1.59. The fourth-order valence-electron chi connectivity index (χ4n) is 1.98. The summed E-state index contributed by atoms with van der Waals surface area (Å²) in [5.74, 6) is -0.982. The molecular weight excluding hydrogens is 186 g/mol. The van der Waals surface area contributed by atoms with Crippen molar-refractivity contribution < 1.29 is 19.4 Å². The van der Waals surface area contributed by atoms with Gasteiger partial charge in [0, 0.05) is 6.61 Å². The minimum absolute atomic E-state index is 0.0701. The first-order valence-corrected chi connectivity index (χ1v) is 4.56. The Morgan fingerprint density at radius 3 is 2.50 bits per heavy atom. The summed E-state index contributed by atoms with van der Waals surface area (Å²) in [5, 5.41) is 8.67. The first kappa shape index (κ1) is 11.0. The van der Waals surface area contributed by atoms with Gasteiger partial charge in [0.2, 0.25) is 5.91 Å². The number of methoxy groups -OCH3 is 1. The minimum atomic E-state index is -1.13. The van der Waals surface area contributed by atoms with Crippen molar-refractivity contribution in [2.45, 2.75) is 19.3 Å². The Labute approximate surface area is 82.2 Å². The number of hydrogen-bond donors (Lipinski definition) is 2. The van der Waals surface area contributed by atoms with Crippen LogP contribution in [0.5, 0.6) is 0 Å². The Kier molecular flexibility index (Phi) is 3.10. The molecule has 5 nitrogen and oxygen atoms in total. The largest absolute Gasteiger partial charge is 0.468 e. The molecule has 1 saturated carbocycles. The summed E-state index contributed by atoms with van der Waals surface area (Å²) >= 11 is 0. The van der Waals surface area contributed by atoms with Crippen LogP contribution in [-0.2, 0) is 14.3 Å². The Hall–Kier alpha value is -1.10. The van der Waals surface area contributed by atoms with E-state index in [0.717, 1.165) is 0 Å². The van der Waals surface area contributed by atoms with Gasteiger partial charge in [-0.3, -0.25) is 9.59 Å². The fraction of sp³-hybridized carbons (Fsp3) is 0.778. The van der Waals surface area contributed by atoms with Crippen molar-refractivity contribution in [2.24, 2.45) is 17.1 Å². The third-order valence-electron chi connectivity index (χ3n) is 2.86. The summed E-state index contributed by atoms with van der Waals surface area (Å²) < 4.78 is 4.54. The molecule has 1 rings (SSSR count). The third-order valence-corrected chi connectivity index (χ3v) is 2.86. The molecule has 0 unspecified atom stereocenters. The number of nitrogens with two attached hydrogens (primary N) is 1. The van der Waals surface area contributed by atoms with Gasteiger partial charge in [0.1, 0.15) is 5.41 Å². The summed E-state index contributed by atoms with van der Waals surface area (Å²) in [5.41, 5.74) is 4.03. The van der Waals surface area contributed by atoms with Gasteiger partial charge < -0.3 is 15.6 Å². The van der Waals surface area contributed by atoms with E-state index in [-0.39, 0.29) is 12.5 Å². The van der Waals surface area contributed by atoms with E-state index in [1.807, 2.05) is 0 Å².